The zero-order valence-corrected chi connectivity index (χ0v) is 7.78. The molecule has 1 unspecified atom stereocenters. The molecule has 0 saturated heterocycles. The van der Waals surface area contributed by atoms with Gasteiger partial charge in [0.1, 0.15) is 0 Å². The molecule has 0 aliphatic carbocycles. The van der Waals surface area contributed by atoms with Gasteiger partial charge in [-0.05, 0) is 24.7 Å². The lowest BCUT2D eigenvalue weighted by Crippen LogP contribution is -1.99. The van der Waals surface area contributed by atoms with Crippen molar-refractivity contribution in [3.8, 4) is 0 Å². The van der Waals surface area contributed by atoms with Crippen LogP contribution in [0.5, 0.6) is 0 Å². The highest BCUT2D eigenvalue weighted by atomic mass is 14.1. The molecule has 60 valence electrons. The van der Waals surface area contributed by atoms with Crippen LogP contribution in [-0.2, 0) is 0 Å². The van der Waals surface area contributed by atoms with E-state index in [-0.39, 0.29) is 0 Å². The van der Waals surface area contributed by atoms with Crippen molar-refractivity contribution < 1.29 is 0 Å². The van der Waals surface area contributed by atoms with E-state index in [9.17, 15) is 0 Å². The molecular weight excluding hydrogens is 120 g/mol. The largest absolute Gasteiger partial charge is 0.0996 e. The van der Waals surface area contributed by atoms with E-state index in [1.807, 2.05) is 0 Å². The fourth-order valence-electron chi connectivity index (χ4n) is 1.01. The Kier molecular flexibility index (Phi) is 4.42. The van der Waals surface area contributed by atoms with Gasteiger partial charge in [-0.15, -0.1) is 0 Å². The van der Waals surface area contributed by atoms with Gasteiger partial charge in [0.25, 0.3) is 0 Å². The van der Waals surface area contributed by atoms with E-state index in [0.29, 0.717) is 5.92 Å². The van der Waals surface area contributed by atoms with Gasteiger partial charge >= 0.3 is 0 Å². The molecule has 0 radical (unpaired) electrons. The third-order valence-corrected chi connectivity index (χ3v) is 1.98. The molecule has 0 amide bonds. The Hall–Kier alpha value is -0.260. The molecule has 0 nitrogen and oxygen atoms in total. The Morgan fingerprint density at radius 1 is 1.30 bits per heavy atom. The smallest absolute Gasteiger partial charge is 0.0237 e. The van der Waals surface area contributed by atoms with Crippen LogP contribution >= 0.6 is 0 Å². The molecule has 0 N–H and O–H groups in total. The van der Waals surface area contributed by atoms with E-state index in [1.165, 1.54) is 18.4 Å². The molecule has 10 heavy (non-hydrogen) atoms. The van der Waals surface area contributed by atoms with Gasteiger partial charge in [0.2, 0.25) is 0 Å². The van der Waals surface area contributed by atoms with E-state index < -0.39 is 0 Å². The second-order valence-electron chi connectivity index (χ2n) is 3.57. The van der Waals surface area contributed by atoms with E-state index >= 15 is 0 Å². The summed E-state index contributed by atoms with van der Waals surface area (Å²) in [6.45, 7) is 13.0. The third-order valence-electron chi connectivity index (χ3n) is 1.98. The summed E-state index contributed by atoms with van der Waals surface area (Å²) in [5, 5.41) is 0. The van der Waals surface area contributed by atoms with Crippen LogP contribution in [0, 0.1) is 11.8 Å². The standard InChI is InChI=1S/C10H20/c1-6-9(4)10(5)7-8(2)3/h8-9H,5-7H2,1-4H3. The molecule has 0 rings (SSSR count). The van der Waals surface area contributed by atoms with Gasteiger partial charge in [-0.3, -0.25) is 0 Å². The molecule has 0 fully saturated rings. The van der Waals surface area contributed by atoms with Crippen molar-refractivity contribution in [3.63, 3.8) is 0 Å². The van der Waals surface area contributed by atoms with E-state index in [1.54, 1.807) is 0 Å². The molecule has 0 aliphatic rings. The van der Waals surface area contributed by atoms with Gasteiger partial charge < -0.3 is 0 Å². The summed E-state index contributed by atoms with van der Waals surface area (Å²) in [6, 6.07) is 0. The predicted octanol–water partition coefficient (Wildman–Crippen LogP) is 3.63. The van der Waals surface area contributed by atoms with Crippen molar-refractivity contribution in [2.24, 2.45) is 11.8 Å². The summed E-state index contributed by atoms with van der Waals surface area (Å²) in [5.41, 5.74) is 1.41. The highest BCUT2D eigenvalue weighted by Gasteiger charge is 2.04. The zero-order valence-electron chi connectivity index (χ0n) is 7.78. The minimum Gasteiger partial charge on any atom is -0.0996 e. The zero-order chi connectivity index (χ0) is 8.15. The van der Waals surface area contributed by atoms with E-state index in [2.05, 4.69) is 34.3 Å². The monoisotopic (exact) mass is 140 g/mol. The van der Waals surface area contributed by atoms with Crippen molar-refractivity contribution in [2.75, 3.05) is 0 Å². The first-order valence-corrected chi connectivity index (χ1v) is 4.25. The maximum absolute atomic E-state index is 4.07. The highest BCUT2D eigenvalue weighted by Crippen LogP contribution is 2.19. The van der Waals surface area contributed by atoms with Crippen molar-refractivity contribution in [2.45, 2.75) is 40.5 Å². The maximum atomic E-state index is 4.07. The number of allylic oxidation sites excluding steroid dienone is 1. The Labute approximate surface area is 65.3 Å². The van der Waals surface area contributed by atoms with Crippen LogP contribution in [0.1, 0.15) is 40.5 Å². The topological polar surface area (TPSA) is 0 Å². The average molecular weight is 140 g/mol. The first-order valence-electron chi connectivity index (χ1n) is 4.25. The summed E-state index contributed by atoms with van der Waals surface area (Å²) < 4.78 is 0. The quantitative estimate of drug-likeness (QED) is 0.523. The summed E-state index contributed by atoms with van der Waals surface area (Å²) in [4.78, 5) is 0. The summed E-state index contributed by atoms with van der Waals surface area (Å²) in [6.07, 6.45) is 2.42. The minimum atomic E-state index is 0.711. The fourth-order valence-corrected chi connectivity index (χ4v) is 1.01. The van der Waals surface area contributed by atoms with Crippen LogP contribution in [0.25, 0.3) is 0 Å². The first kappa shape index (κ1) is 9.74. The number of rotatable bonds is 4. The lowest BCUT2D eigenvalue weighted by molar-refractivity contribution is 0.556. The summed E-state index contributed by atoms with van der Waals surface area (Å²) in [5.74, 6) is 1.48. The predicted molar refractivity (Wildman–Crippen MR) is 48.1 cm³/mol. The van der Waals surface area contributed by atoms with Crippen LogP contribution < -0.4 is 0 Å². The molecule has 0 aromatic heterocycles. The van der Waals surface area contributed by atoms with Gasteiger partial charge in [0.05, 0.1) is 0 Å². The minimum absolute atomic E-state index is 0.711. The molecule has 1 atom stereocenters. The Morgan fingerprint density at radius 3 is 2.10 bits per heavy atom. The molecule has 0 aromatic rings. The van der Waals surface area contributed by atoms with Crippen LogP contribution in [0.2, 0.25) is 0 Å². The summed E-state index contributed by atoms with van der Waals surface area (Å²) in [7, 11) is 0. The first-order chi connectivity index (χ1) is 4.57. The molecular formula is C10H20. The van der Waals surface area contributed by atoms with Crippen LogP contribution in [-0.4, -0.2) is 0 Å². The second kappa shape index (κ2) is 4.54. The summed E-state index contributed by atoms with van der Waals surface area (Å²) >= 11 is 0. The van der Waals surface area contributed by atoms with Crippen LogP contribution in [0.4, 0.5) is 0 Å². The van der Waals surface area contributed by atoms with E-state index in [4.69, 9.17) is 0 Å². The maximum Gasteiger partial charge on any atom is -0.0237 e. The van der Waals surface area contributed by atoms with Gasteiger partial charge in [0.15, 0.2) is 0 Å². The van der Waals surface area contributed by atoms with Crippen LogP contribution in [0.3, 0.4) is 0 Å². The van der Waals surface area contributed by atoms with Gasteiger partial charge in [-0.2, -0.15) is 0 Å². The number of hydrogen-bond acceptors (Lipinski definition) is 0. The Balaban J connectivity index is 3.62. The third kappa shape index (κ3) is 3.71. The Morgan fingerprint density at radius 2 is 1.80 bits per heavy atom. The Bertz CT molecular complexity index is 101. The van der Waals surface area contributed by atoms with Gasteiger partial charge in [-0.25, -0.2) is 0 Å². The van der Waals surface area contributed by atoms with Crippen molar-refractivity contribution in [3.05, 3.63) is 12.2 Å². The van der Waals surface area contributed by atoms with Crippen LogP contribution in [0.15, 0.2) is 12.2 Å². The van der Waals surface area contributed by atoms with Crippen molar-refractivity contribution >= 4 is 0 Å². The number of hydrogen-bond donors (Lipinski definition) is 0. The normalized spacial score (nSPS) is 13.7. The SMILES string of the molecule is C=C(CC(C)C)C(C)CC. The molecule has 0 aromatic carbocycles. The van der Waals surface area contributed by atoms with E-state index in [0.717, 1.165) is 5.92 Å². The second-order valence-corrected chi connectivity index (χ2v) is 3.57. The lowest BCUT2D eigenvalue weighted by Gasteiger charge is -2.13. The molecule has 0 spiro atoms. The lowest BCUT2D eigenvalue weighted by atomic mass is 9.93. The highest BCUT2D eigenvalue weighted by molar-refractivity contribution is 4.98. The molecule has 0 saturated carbocycles. The van der Waals surface area contributed by atoms with Crippen molar-refractivity contribution in [1.82, 2.24) is 0 Å². The van der Waals surface area contributed by atoms with Crippen molar-refractivity contribution in [1.29, 1.82) is 0 Å². The van der Waals surface area contributed by atoms with Gasteiger partial charge in [-0.1, -0.05) is 39.8 Å². The molecule has 0 heterocycles. The average Bonchev–Trinajstić information content (AvgIpc) is 1.85. The van der Waals surface area contributed by atoms with Gasteiger partial charge in [0, 0.05) is 0 Å². The molecule has 0 aliphatic heterocycles. The molecule has 0 bridgehead atoms. The fraction of sp³-hybridized carbons (Fsp3) is 0.800. The molecule has 0 heteroatoms.